The minimum absolute atomic E-state index is 0.0222. The highest BCUT2D eigenvalue weighted by Crippen LogP contribution is 2.34. The second-order valence-corrected chi connectivity index (χ2v) is 11.2. The van der Waals surface area contributed by atoms with Crippen LogP contribution in [-0.2, 0) is 12.7 Å². The molecule has 44 heavy (non-hydrogen) atoms. The van der Waals surface area contributed by atoms with Crippen molar-refractivity contribution in [1.29, 1.82) is 0 Å². The molecule has 1 amide bonds. The van der Waals surface area contributed by atoms with Crippen molar-refractivity contribution in [2.75, 3.05) is 38.5 Å². The van der Waals surface area contributed by atoms with Crippen molar-refractivity contribution in [2.24, 2.45) is 11.7 Å². The van der Waals surface area contributed by atoms with Crippen molar-refractivity contribution in [3.63, 3.8) is 0 Å². The molecule has 10 heteroatoms. The molecule has 0 saturated carbocycles. The Bertz CT molecular complexity index is 1460. The molecule has 0 aromatic heterocycles. The van der Waals surface area contributed by atoms with E-state index in [0.717, 1.165) is 19.2 Å². The number of carbonyl (C=O) groups excluding carboxylic acids is 1. The fourth-order valence-electron chi connectivity index (χ4n) is 4.53. The van der Waals surface area contributed by atoms with E-state index in [9.17, 15) is 18.0 Å². The van der Waals surface area contributed by atoms with Crippen LogP contribution in [0.15, 0.2) is 90.3 Å². The molecular weight excluding hydrogens is 587 g/mol. The predicted octanol–water partition coefficient (Wildman–Crippen LogP) is 6.34. The standard InChI is InChI=1S/C34H39ClF3N5O/c1-6-8-31(35)23(3)24(4)40-32(39)26(7-2)12-9-25-10-13-27(14-11-25)33(44)41-29-16-15-28(30(21-29)34(36,37)38)22-43-19-17-42(5)18-20-43/h6-8,10-11,13-16,21,23-24,40H,1-2,17-20,22,39H2,3-5H3,(H,41,44)/b31-8+,32-26+/t23-,24?/m1/s1. The van der Waals surface area contributed by atoms with Crippen LogP contribution in [0.4, 0.5) is 18.9 Å². The number of allylic oxidation sites excluding steroid dienone is 4. The van der Waals surface area contributed by atoms with E-state index >= 15 is 0 Å². The average Bonchev–Trinajstić information content (AvgIpc) is 2.98. The second-order valence-electron chi connectivity index (χ2n) is 10.8. The lowest BCUT2D eigenvalue weighted by atomic mass is 10.0. The Balaban J connectivity index is 1.69. The summed E-state index contributed by atoms with van der Waals surface area (Å²) in [6.45, 7) is 14.6. The number of nitrogens with zero attached hydrogens (tertiary/aromatic N) is 2. The SMILES string of the molecule is C=C/C=C(/Cl)[C@H](C)C(C)N/C(N)=C(/C#Cc1ccc(C(=O)Nc2ccc(CN3CCN(C)CC3)c(C(F)(F)F)c2)cc1)C=C. The van der Waals surface area contributed by atoms with Crippen LogP contribution in [0, 0.1) is 17.8 Å². The van der Waals surface area contributed by atoms with Gasteiger partial charge in [-0.1, -0.05) is 61.7 Å². The smallest absolute Gasteiger partial charge is 0.384 e. The van der Waals surface area contributed by atoms with E-state index < -0.39 is 17.6 Å². The van der Waals surface area contributed by atoms with Gasteiger partial charge in [-0.25, -0.2) is 0 Å². The number of nitrogens with two attached hydrogens (primary N) is 1. The lowest BCUT2D eigenvalue weighted by molar-refractivity contribution is -0.138. The number of amides is 1. The van der Waals surface area contributed by atoms with Crippen molar-refractivity contribution in [1.82, 2.24) is 15.1 Å². The lowest BCUT2D eigenvalue weighted by Gasteiger charge is -2.33. The summed E-state index contributed by atoms with van der Waals surface area (Å²) in [5.41, 5.74) is 7.11. The summed E-state index contributed by atoms with van der Waals surface area (Å²) in [6.07, 6.45) is 0.347. The molecule has 1 saturated heterocycles. The zero-order chi connectivity index (χ0) is 32.4. The van der Waals surface area contributed by atoms with Gasteiger partial charge in [0.2, 0.25) is 0 Å². The van der Waals surface area contributed by atoms with Crippen LogP contribution >= 0.6 is 11.6 Å². The molecule has 1 aliphatic heterocycles. The molecule has 1 aliphatic rings. The van der Waals surface area contributed by atoms with Gasteiger partial charge in [0.1, 0.15) is 5.82 Å². The van der Waals surface area contributed by atoms with Gasteiger partial charge in [0.25, 0.3) is 5.91 Å². The maximum absolute atomic E-state index is 13.9. The van der Waals surface area contributed by atoms with Crippen LogP contribution in [0.5, 0.6) is 0 Å². The summed E-state index contributed by atoms with van der Waals surface area (Å²) in [5.74, 6) is 5.76. The number of alkyl halides is 3. The largest absolute Gasteiger partial charge is 0.416 e. The number of likely N-dealkylation sites (N-methyl/N-ethyl adjacent to an activating group) is 1. The highest BCUT2D eigenvalue weighted by Gasteiger charge is 2.34. The maximum atomic E-state index is 13.9. The van der Waals surface area contributed by atoms with Crippen LogP contribution < -0.4 is 16.4 Å². The topological polar surface area (TPSA) is 73.6 Å². The molecule has 1 heterocycles. The second kappa shape index (κ2) is 15.7. The third kappa shape index (κ3) is 9.78. The highest BCUT2D eigenvalue weighted by atomic mass is 35.5. The fourth-order valence-corrected chi connectivity index (χ4v) is 4.81. The molecule has 0 bridgehead atoms. The molecule has 2 atom stereocenters. The lowest BCUT2D eigenvalue weighted by Crippen LogP contribution is -2.44. The van der Waals surface area contributed by atoms with E-state index in [1.54, 1.807) is 42.5 Å². The maximum Gasteiger partial charge on any atom is 0.416 e. The van der Waals surface area contributed by atoms with Gasteiger partial charge in [-0.05, 0) is 62.0 Å². The van der Waals surface area contributed by atoms with E-state index in [4.69, 9.17) is 17.3 Å². The van der Waals surface area contributed by atoms with Crippen molar-refractivity contribution >= 4 is 23.2 Å². The normalized spacial score (nSPS) is 16.6. The molecule has 6 nitrogen and oxygen atoms in total. The number of carbonyl (C=O) groups is 1. The molecule has 2 aromatic rings. The third-order valence-corrected chi connectivity index (χ3v) is 7.96. The Hall–Kier alpha value is -3.97. The molecule has 2 aromatic carbocycles. The molecule has 3 rings (SSSR count). The number of anilines is 1. The molecule has 1 fully saturated rings. The number of halogens is 4. The van der Waals surface area contributed by atoms with Gasteiger partial charge < -0.3 is 21.3 Å². The van der Waals surface area contributed by atoms with Gasteiger partial charge in [-0.2, -0.15) is 13.2 Å². The average molecular weight is 626 g/mol. The summed E-state index contributed by atoms with van der Waals surface area (Å²) in [6, 6.07) is 10.3. The van der Waals surface area contributed by atoms with Gasteiger partial charge in [0.15, 0.2) is 0 Å². The first-order valence-electron chi connectivity index (χ1n) is 14.2. The van der Waals surface area contributed by atoms with E-state index in [0.29, 0.717) is 35.1 Å². The first-order valence-corrected chi connectivity index (χ1v) is 14.6. The third-order valence-electron chi connectivity index (χ3n) is 7.49. The van der Waals surface area contributed by atoms with Gasteiger partial charge in [-0.3, -0.25) is 9.69 Å². The van der Waals surface area contributed by atoms with Crippen LogP contribution in [0.3, 0.4) is 0 Å². The van der Waals surface area contributed by atoms with Crippen molar-refractivity contribution in [2.45, 2.75) is 32.6 Å². The number of rotatable bonds is 10. The van der Waals surface area contributed by atoms with Gasteiger partial charge in [0, 0.05) is 66.5 Å². The zero-order valence-corrected chi connectivity index (χ0v) is 26.0. The van der Waals surface area contributed by atoms with Gasteiger partial charge >= 0.3 is 6.18 Å². The van der Waals surface area contributed by atoms with Crippen molar-refractivity contribution in [3.8, 4) is 11.8 Å². The Morgan fingerprint density at radius 1 is 1.11 bits per heavy atom. The van der Waals surface area contributed by atoms with Crippen LogP contribution in [0.2, 0.25) is 0 Å². The number of nitrogens with one attached hydrogen (secondary N) is 2. The fraction of sp³-hybridized carbons (Fsp3) is 0.324. The summed E-state index contributed by atoms with van der Waals surface area (Å²) in [5, 5.41) is 6.41. The quantitative estimate of drug-likeness (QED) is 0.212. The monoisotopic (exact) mass is 625 g/mol. The highest BCUT2D eigenvalue weighted by molar-refractivity contribution is 6.30. The molecule has 1 unspecified atom stereocenters. The molecule has 0 aliphatic carbocycles. The zero-order valence-electron chi connectivity index (χ0n) is 25.3. The van der Waals surface area contributed by atoms with E-state index in [1.165, 1.54) is 12.1 Å². The molecule has 0 spiro atoms. The number of hydrogen-bond acceptors (Lipinski definition) is 5. The number of benzene rings is 2. The summed E-state index contributed by atoms with van der Waals surface area (Å²) in [4.78, 5) is 17.0. The minimum Gasteiger partial charge on any atom is -0.384 e. The van der Waals surface area contributed by atoms with Crippen molar-refractivity contribution in [3.05, 3.63) is 113 Å². The van der Waals surface area contributed by atoms with Crippen LogP contribution in [0.25, 0.3) is 0 Å². The van der Waals surface area contributed by atoms with Gasteiger partial charge in [-0.15, -0.1) is 0 Å². The Kier molecular flexibility index (Phi) is 12.3. The Labute approximate surface area is 263 Å². The minimum atomic E-state index is -4.55. The molecule has 0 radical (unpaired) electrons. The predicted molar refractivity (Wildman–Crippen MR) is 173 cm³/mol. The summed E-state index contributed by atoms with van der Waals surface area (Å²) < 4.78 is 41.8. The molecular formula is C34H39ClF3N5O. The van der Waals surface area contributed by atoms with E-state index in [2.05, 4.69) is 40.5 Å². The number of hydrogen-bond donors (Lipinski definition) is 3. The Morgan fingerprint density at radius 3 is 2.36 bits per heavy atom. The van der Waals surface area contributed by atoms with Crippen molar-refractivity contribution < 1.29 is 18.0 Å². The first kappa shape index (κ1) is 34.5. The van der Waals surface area contributed by atoms with E-state index in [1.807, 2.05) is 25.8 Å². The van der Waals surface area contributed by atoms with Crippen LogP contribution in [-0.4, -0.2) is 55.0 Å². The first-order chi connectivity index (χ1) is 20.8. The Morgan fingerprint density at radius 2 is 1.77 bits per heavy atom. The summed E-state index contributed by atoms with van der Waals surface area (Å²) in [7, 11) is 1.99. The van der Waals surface area contributed by atoms with E-state index in [-0.39, 0.29) is 35.3 Å². The van der Waals surface area contributed by atoms with Gasteiger partial charge in [0.05, 0.1) is 11.1 Å². The summed E-state index contributed by atoms with van der Waals surface area (Å²) >= 11 is 6.28. The van der Waals surface area contributed by atoms with Crippen LogP contribution in [0.1, 0.15) is 40.9 Å². The number of piperazine rings is 1. The molecule has 234 valence electrons. The molecule has 4 N–H and O–H groups in total.